The molecule has 1 fully saturated rings. The van der Waals surface area contributed by atoms with E-state index in [1.165, 1.54) is 12.8 Å². The molecule has 5 nitrogen and oxygen atoms in total. The molecule has 1 atom stereocenters. The Balaban J connectivity index is 1.80. The van der Waals surface area contributed by atoms with Gasteiger partial charge >= 0.3 is 5.97 Å². The first-order chi connectivity index (χ1) is 9.66. The largest absolute Gasteiger partial charge is 0.448 e. The van der Waals surface area contributed by atoms with Gasteiger partial charge in [0.05, 0.1) is 0 Å². The zero-order valence-corrected chi connectivity index (χ0v) is 11.9. The summed E-state index contributed by atoms with van der Waals surface area (Å²) in [4.78, 5) is 26.5. The summed E-state index contributed by atoms with van der Waals surface area (Å²) in [5.41, 5.74) is 0.360. The summed E-state index contributed by atoms with van der Waals surface area (Å²) < 4.78 is 5.15. The first kappa shape index (κ1) is 14.6. The Morgan fingerprint density at radius 2 is 2.00 bits per heavy atom. The van der Waals surface area contributed by atoms with Crippen LogP contribution in [-0.2, 0) is 9.53 Å². The van der Waals surface area contributed by atoms with Gasteiger partial charge < -0.3 is 15.0 Å². The van der Waals surface area contributed by atoms with Gasteiger partial charge in [0, 0.05) is 12.2 Å². The molecule has 0 saturated heterocycles. The zero-order valence-electron chi connectivity index (χ0n) is 11.9. The molecule has 1 aromatic rings. The van der Waals surface area contributed by atoms with Crippen LogP contribution in [-0.4, -0.2) is 29.0 Å². The highest BCUT2D eigenvalue weighted by Gasteiger charge is 2.22. The number of rotatable bonds is 4. The van der Waals surface area contributed by atoms with Crippen molar-refractivity contribution in [2.45, 2.75) is 57.6 Å². The van der Waals surface area contributed by atoms with E-state index in [0.29, 0.717) is 5.69 Å². The number of ether oxygens (including phenoxy) is 1. The lowest BCUT2D eigenvalue weighted by atomic mass is 10.1. The van der Waals surface area contributed by atoms with Crippen LogP contribution in [0.1, 0.15) is 55.9 Å². The fourth-order valence-corrected chi connectivity index (χ4v) is 2.48. The van der Waals surface area contributed by atoms with Crippen molar-refractivity contribution in [1.29, 1.82) is 0 Å². The van der Waals surface area contributed by atoms with Gasteiger partial charge in [-0.1, -0.05) is 25.7 Å². The van der Waals surface area contributed by atoms with Crippen molar-refractivity contribution in [2.75, 3.05) is 0 Å². The summed E-state index contributed by atoms with van der Waals surface area (Å²) in [5, 5.41) is 2.98. The number of amides is 1. The van der Waals surface area contributed by atoms with Gasteiger partial charge in [-0.25, -0.2) is 4.79 Å². The summed E-state index contributed by atoms with van der Waals surface area (Å²) in [6.07, 6.45) is 7.70. The molecule has 0 aromatic carbocycles. The molecule has 110 valence electrons. The Bertz CT molecular complexity index is 434. The molecule has 0 unspecified atom stereocenters. The first-order valence-corrected chi connectivity index (χ1v) is 7.31. The summed E-state index contributed by atoms with van der Waals surface area (Å²) in [6, 6.07) is 3.56. The van der Waals surface area contributed by atoms with E-state index in [-0.39, 0.29) is 11.9 Å². The fourth-order valence-electron chi connectivity index (χ4n) is 2.48. The Kier molecular flexibility index (Phi) is 5.21. The summed E-state index contributed by atoms with van der Waals surface area (Å²) >= 11 is 0. The second kappa shape index (κ2) is 7.12. The highest BCUT2D eigenvalue weighted by Crippen LogP contribution is 2.17. The molecule has 5 heteroatoms. The van der Waals surface area contributed by atoms with Crippen LogP contribution in [0.3, 0.4) is 0 Å². The normalized spacial score (nSPS) is 18.1. The second-order valence-electron chi connectivity index (χ2n) is 5.33. The van der Waals surface area contributed by atoms with E-state index in [1.54, 1.807) is 25.3 Å². The van der Waals surface area contributed by atoms with Crippen LogP contribution >= 0.6 is 0 Å². The molecular weight excluding hydrogens is 256 g/mol. The monoisotopic (exact) mass is 278 g/mol. The number of hydrogen-bond acceptors (Lipinski definition) is 3. The SMILES string of the molecule is C[C@H](OC(=O)c1ccc[nH]1)C(=O)NC1CCCCCC1. The quantitative estimate of drug-likeness (QED) is 0.656. The molecule has 1 aromatic heterocycles. The topological polar surface area (TPSA) is 71.2 Å². The fraction of sp³-hybridized carbons (Fsp3) is 0.600. The average molecular weight is 278 g/mol. The molecule has 0 spiro atoms. The number of nitrogens with one attached hydrogen (secondary N) is 2. The molecule has 1 saturated carbocycles. The predicted octanol–water partition coefficient (Wildman–Crippen LogP) is 2.40. The number of carbonyl (C=O) groups excluding carboxylic acids is 2. The summed E-state index contributed by atoms with van der Waals surface area (Å²) in [7, 11) is 0. The zero-order chi connectivity index (χ0) is 14.4. The smallest absolute Gasteiger partial charge is 0.355 e. The minimum Gasteiger partial charge on any atom is -0.448 e. The maximum atomic E-state index is 12.0. The van der Waals surface area contributed by atoms with Crippen molar-refractivity contribution in [1.82, 2.24) is 10.3 Å². The van der Waals surface area contributed by atoms with Gasteiger partial charge in [-0.15, -0.1) is 0 Å². The van der Waals surface area contributed by atoms with Crippen molar-refractivity contribution in [2.24, 2.45) is 0 Å². The first-order valence-electron chi connectivity index (χ1n) is 7.31. The van der Waals surface area contributed by atoms with E-state index in [2.05, 4.69) is 10.3 Å². The van der Waals surface area contributed by atoms with Gasteiger partial charge in [0.2, 0.25) is 0 Å². The number of hydrogen-bond donors (Lipinski definition) is 2. The third-order valence-corrected chi connectivity index (χ3v) is 3.67. The highest BCUT2D eigenvalue weighted by atomic mass is 16.5. The molecule has 20 heavy (non-hydrogen) atoms. The van der Waals surface area contributed by atoms with Crippen molar-refractivity contribution in [3.63, 3.8) is 0 Å². The Labute approximate surface area is 119 Å². The van der Waals surface area contributed by atoms with Crippen LogP contribution in [0.15, 0.2) is 18.3 Å². The van der Waals surface area contributed by atoms with Gasteiger partial charge in [-0.2, -0.15) is 0 Å². The van der Waals surface area contributed by atoms with Crippen LogP contribution in [0, 0.1) is 0 Å². The third-order valence-electron chi connectivity index (χ3n) is 3.67. The molecule has 1 amide bonds. The number of aromatic nitrogens is 1. The minimum absolute atomic E-state index is 0.211. The van der Waals surface area contributed by atoms with Crippen LogP contribution in [0.5, 0.6) is 0 Å². The third kappa shape index (κ3) is 4.11. The van der Waals surface area contributed by atoms with E-state index < -0.39 is 12.1 Å². The molecule has 0 radical (unpaired) electrons. The molecule has 1 aliphatic carbocycles. The number of aromatic amines is 1. The van der Waals surface area contributed by atoms with E-state index in [4.69, 9.17) is 4.74 Å². The number of H-pyrrole nitrogens is 1. The van der Waals surface area contributed by atoms with Crippen molar-refractivity contribution >= 4 is 11.9 Å². The van der Waals surface area contributed by atoms with E-state index in [0.717, 1.165) is 25.7 Å². The van der Waals surface area contributed by atoms with Crippen molar-refractivity contribution < 1.29 is 14.3 Å². The van der Waals surface area contributed by atoms with Crippen LogP contribution < -0.4 is 5.32 Å². The van der Waals surface area contributed by atoms with Gasteiger partial charge in [0.1, 0.15) is 5.69 Å². The molecule has 2 N–H and O–H groups in total. The maximum Gasteiger partial charge on any atom is 0.355 e. The second-order valence-corrected chi connectivity index (χ2v) is 5.33. The van der Waals surface area contributed by atoms with Gasteiger partial charge in [-0.05, 0) is 31.9 Å². The van der Waals surface area contributed by atoms with E-state index in [9.17, 15) is 9.59 Å². The number of carbonyl (C=O) groups is 2. The maximum absolute atomic E-state index is 12.0. The predicted molar refractivity (Wildman–Crippen MR) is 75.3 cm³/mol. The van der Waals surface area contributed by atoms with Crippen molar-refractivity contribution in [3.8, 4) is 0 Å². The summed E-state index contributed by atoms with van der Waals surface area (Å²) in [6.45, 7) is 1.60. The molecule has 1 aliphatic rings. The highest BCUT2D eigenvalue weighted by molar-refractivity contribution is 5.90. The molecule has 0 aliphatic heterocycles. The van der Waals surface area contributed by atoms with Crippen LogP contribution in [0.25, 0.3) is 0 Å². The van der Waals surface area contributed by atoms with E-state index in [1.807, 2.05) is 0 Å². The lowest BCUT2D eigenvalue weighted by molar-refractivity contribution is -0.129. The lowest BCUT2D eigenvalue weighted by Gasteiger charge is -2.19. The molecular formula is C15H22N2O3. The Morgan fingerprint density at radius 1 is 1.30 bits per heavy atom. The lowest BCUT2D eigenvalue weighted by Crippen LogP contribution is -2.41. The van der Waals surface area contributed by atoms with Crippen LogP contribution in [0.2, 0.25) is 0 Å². The van der Waals surface area contributed by atoms with Crippen molar-refractivity contribution in [3.05, 3.63) is 24.0 Å². The standard InChI is InChI=1S/C15H22N2O3/c1-11(20-15(19)13-9-6-10-16-13)14(18)17-12-7-4-2-3-5-8-12/h6,9-12,16H,2-5,7-8H2,1H3,(H,17,18)/t11-/m0/s1. The van der Waals surface area contributed by atoms with Gasteiger partial charge in [0.15, 0.2) is 6.10 Å². The van der Waals surface area contributed by atoms with E-state index >= 15 is 0 Å². The Hall–Kier alpha value is -1.78. The average Bonchev–Trinajstić information content (AvgIpc) is 2.85. The molecule has 1 heterocycles. The minimum atomic E-state index is -0.769. The van der Waals surface area contributed by atoms with Gasteiger partial charge in [-0.3, -0.25) is 4.79 Å². The number of esters is 1. The molecule has 2 rings (SSSR count). The summed E-state index contributed by atoms with van der Waals surface area (Å²) in [5.74, 6) is -0.713. The van der Waals surface area contributed by atoms with Gasteiger partial charge in [0.25, 0.3) is 5.91 Å². The van der Waals surface area contributed by atoms with Crippen LogP contribution in [0.4, 0.5) is 0 Å². The Morgan fingerprint density at radius 3 is 2.60 bits per heavy atom. The molecule has 0 bridgehead atoms.